The van der Waals surface area contributed by atoms with Gasteiger partial charge in [-0.3, -0.25) is 0 Å². The highest BCUT2D eigenvalue weighted by molar-refractivity contribution is 5.52. The van der Waals surface area contributed by atoms with Crippen LogP contribution in [0.15, 0.2) is 12.2 Å². The molecular formula is C13H24O. The lowest BCUT2D eigenvalue weighted by atomic mass is 9.98. The number of carbonyl (C=O) groups is 1. The topological polar surface area (TPSA) is 17.1 Å². The van der Waals surface area contributed by atoms with Crippen LogP contribution < -0.4 is 0 Å². The predicted octanol–water partition coefficient (Wildman–Crippen LogP) is 3.98. The lowest BCUT2D eigenvalue weighted by molar-refractivity contribution is -0.110. The van der Waals surface area contributed by atoms with E-state index >= 15 is 0 Å². The summed E-state index contributed by atoms with van der Waals surface area (Å²) < 4.78 is 0. The Bertz CT molecular complexity index is 161. The third kappa shape index (κ3) is 6.88. The van der Waals surface area contributed by atoms with E-state index in [0.29, 0.717) is 5.92 Å². The molecule has 0 spiro atoms. The van der Waals surface area contributed by atoms with Crippen LogP contribution in [0, 0.1) is 11.8 Å². The zero-order chi connectivity index (χ0) is 10.8. The van der Waals surface area contributed by atoms with Crippen LogP contribution in [0.25, 0.3) is 0 Å². The molecule has 0 aliphatic heterocycles. The summed E-state index contributed by atoms with van der Waals surface area (Å²) >= 11 is 0. The van der Waals surface area contributed by atoms with Crippen molar-refractivity contribution in [1.82, 2.24) is 0 Å². The van der Waals surface area contributed by atoms with E-state index in [1.807, 2.05) is 6.92 Å². The molecule has 0 rings (SSSR count). The lowest BCUT2D eigenvalue weighted by Gasteiger charge is -2.08. The van der Waals surface area contributed by atoms with Gasteiger partial charge in [-0.15, -0.1) is 0 Å². The number of aldehydes is 1. The summed E-state index contributed by atoms with van der Waals surface area (Å²) in [6.45, 7) is 6.42. The molecule has 1 nitrogen and oxygen atoms in total. The fraction of sp³-hybridized carbons (Fsp3) is 0.769. The van der Waals surface area contributed by atoms with E-state index in [9.17, 15) is 4.79 Å². The summed E-state index contributed by atoms with van der Waals surface area (Å²) in [5.41, 5.74) is 0. The summed E-state index contributed by atoms with van der Waals surface area (Å²) in [7, 11) is 0. The molecule has 0 bridgehead atoms. The van der Waals surface area contributed by atoms with E-state index in [-0.39, 0.29) is 5.92 Å². The van der Waals surface area contributed by atoms with Crippen molar-refractivity contribution in [3.05, 3.63) is 12.2 Å². The first-order valence-electron chi connectivity index (χ1n) is 5.86. The van der Waals surface area contributed by atoms with Crippen LogP contribution in [0.5, 0.6) is 0 Å². The molecule has 2 unspecified atom stereocenters. The Kier molecular flexibility index (Phi) is 8.61. The number of carbonyl (C=O) groups excluding carboxylic acids is 1. The minimum absolute atomic E-state index is 0.176. The van der Waals surface area contributed by atoms with Gasteiger partial charge in [0.05, 0.1) is 0 Å². The Morgan fingerprint density at radius 2 is 2.00 bits per heavy atom. The summed E-state index contributed by atoms with van der Waals surface area (Å²) in [5, 5.41) is 0. The third-order valence-electron chi connectivity index (χ3n) is 2.60. The number of allylic oxidation sites excluding steroid dienone is 2. The molecule has 0 aromatic carbocycles. The zero-order valence-corrected chi connectivity index (χ0v) is 9.83. The fourth-order valence-electron chi connectivity index (χ4n) is 1.44. The van der Waals surface area contributed by atoms with Crippen molar-refractivity contribution < 1.29 is 4.79 Å². The molecule has 0 aliphatic carbocycles. The number of hydrogen-bond acceptors (Lipinski definition) is 1. The molecule has 0 aromatic rings. The van der Waals surface area contributed by atoms with E-state index in [1.165, 1.54) is 25.7 Å². The predicted molar refractivity (Wildman–Crippen MR) is 62.3 cm³/mol. The standard InChI is InChI=1S/C13H24O/c1-4-6-9-13(5-2)10-7-8-12(3)11-14/h7,10-13H,4-6,8-9H2,1-3H3. The largest absolute Gasteiger partial charge is 0.303 e. The normalized spacial score (nSPS) is 15.6. The van der Waals surface area contributed by atoms with Crippen LogP contribution in [0.2, 0.25) is 0 Å². The maximum Gasteiger partial charge on any atom is 0.123 e. The van der Waals surface area contributed by atoms with Gasteiger partial charge in [0.2, 0.25) is 0 Å². The van der Waals surface area contributed by atoms with Gasteiger partial charge in [-0.25, -0.2) is 0 Å². The first kappa shape index (κ1) is 13.4. The first-order valence-corrected chi connectivity index (χ1v) is 5.86. The van der Waals surface area contributed by atoms with E-state index in [1.54, 1.807) is 0 Å². The van der Waals surface area contributed by atoms with Gasteiger partial charge in [-0.1, -0.05) is 45.8 Å². The van der Waals surface area contributed by atoms with E-state index in [0.717, 1.165) is 12.7 Å². The van der Waals surface area contributed by atoms with E-state index < -0.39 is 0 Å². The van der Waals surface area contributed by atoms with Crippen LogP contribution >= 0.6 is 0 Å². The molecule has 2 atom stereocenters. The number of hydrogen-bond donors (Lipinski definition) is 0. The highest BCUT2D eigenvalue weighted by Gasteiger charge is 2.01. The first-order chi connectivity index (χ1) is 6.74. The highest BCUT2D eigenvalue weighted by atomic mass is 16.1. The Labute approximate surface area is 88.6 Å². The van der Waals surface area contributed by atoms with Gasteiger partial charge in [0.1, 0.15) is 6.29 Å². The van der Waals surface area contributed by atoms with E-state index in [4.69, 9.17) is 0 Å². The van der Waals surface area contributed by atoms with Crippen molar-refractivity contribution in [2.45, 2.75) is 52.9 Å². The molecule has 0 amide bonds. The summed E-state index contributed by atoms with van der Waals surface area (Å²) in [6.07, 6.45) is 11.5. The second-order valence-corrected chi connectivity index (χ2v) is 4.09. The van der Waals surface area contributed by atoms with Crippen LogP contribution in [0.4, 0.5) is 0 Å². The van der Waals surface area contributed by atoms with Crippen molar-refractivity contribution in [2.75, 3.05) is 0 Å². The molecule has 82 valence electrons. The number of rotatable bonds is 8. The molecule has 1 heteroatoms. The fourth-order valence-corrected chi connectivity index (χ4v) is 1.44. The molecule has 0 saturated heterocycles. The van der Waals surface area contributed by atoms with Crippen molar-refractivity contribution in [3.8, 4) is 0 Å². The Hall–Kier alpha value is -0.590. The average molecular weight is 196 g/mol. The molecule has 0 saturated carbocycles. The SMILES string of the molecule is CCCCC(C=CCC(C)C=O)CC. The van der Waals surface area contributed by atoms with Gasteiger partial charge < -0.3 is 4.79 Å². The van der Waals surface area contributed by atoms with Gasteiger partial charge in [0.25, 0.3) is 0 Å². The molecule has 0 fully saturated rings. The number of unbranched alkanes of at least 4 members (excludes halogenated alkanes) is 1. The van der Waals surface area contributed by atoms with Gasteiger partial charge >= 0.3 is 0 Å². The van der Waals surface area contributed by atoms with Crippen molar-refractivity contribution in [3.63, 3.8) is 0 Å². The van der Waals surface area contributed by atoms with Crippen molar-refractivity contribution in [2.24, 2.45) is 11.8 Å². The maximum absolute atomic E-state index is 10.4. The van der Waals surface area contributed by atoms with Gasteiger partial charge in [0, 0.05) is 5.92 Å². The minimum atomic E-state index is 0.176. The van der Waals surface area contributed by atoms with Crippen LogP contribution in [-0.2, 0) is 4.79 Å². The molecule has 0 heterocycles. The quantitative estimate of drug-likeness (QED) is 0.424. The van der Waals surface area contributed by atoms with Crippen molar-refractivity contribution >= 4 is 6.29 Å². The zero-order valence-electron chi connectivity index (χ0n) is 9.83. The second-order valence-electron chi connectivity index (χ2n) is 4.09. The lowest BCUT2D eigenvalue weighted by Crippen LogP contribution is -1.96. The van der Waals surface area contributed by atoms with Gasteiger partial charge in [-0.2, -0.15) is 0 Å². The Morgan fingerprint density at radius 1 is 1.29 bits per heavy atom. The molecule has 0 radical (unpaired) electrons. The smallest absolute Gasteiger partial charge is 0.123 e. The monoisotopic (exact) mass is 196 g/mol. The molecule has 0 N–H and O–H groups in total. The molecule has 0 aliphatic rings. The molecule has 0 aromatic heterocycles. The summed E-state index contributed by atoms with van der Waals surface area (Å²) in [4.78, 5) is 10.4. The third-order valence-corrected chi connectivity index (χ3v) is 2.60. The molecular weight excluding hydrogens is 172 g/mol. The second kappa shape index (κ2) is 8.98. The van der Waals surface area contributed by atoms with Gasteiger partial charge in [0.15, 0.2) is 0 Å². The van der Waals surface area contributed by atoms with Crippen LogP contribution in [0.3, 0.4) is 0 Å². The molecule has 14 heavy (non-hydrogen) atoms. The van der Waals surface area contributed by atoms with Crippen LogP contribution in [-0.4, -0.2) is 6.29 Å². The van der Waals surface area contributed by atoms with E-state index in [2.05, 4.69) is 26.0 Å². The van der Waals surface area contributed by atoms with Crippen molar-refractivity contribution in [1.29, 1.82) is 0 Å². The Morgan fingerprint density at radius 3 is 2.50 bits per heavy atom. The average Bonchev–Trinajstić information content (AvgIpc) is 2.22. The summed E-state index contributed by atoms with van der Waals surface area (Å²) in [6, 6.07) is 0. The highest BCUT2D eigenvalue weighted by Crippen LogP contribution is 2.14. The van der Waals surface area contributed by atoms with Gasteiger partial charge in [-0.05, 0) is 25.2 Å². The Balaban J connectivity index is 3.73. The van der Waals surface area contributed by atoms with Crippen LogP contribution in [0.1, 0.15) is 52.9 Å². The summed E-state index contributed by atoms with van der Waals surface area (Å²) in [5.74, 6) is 0.892. The minimum Gasteiger partial charge on any atom is -0.303 e. The maximum atomic E-state index is 10.4.